The number of aromatic hydroxyl groups is 1. The first-order chi connectivity index (χ1) is 10.3. The molecule has 0 radical (unpaired) electrons. The van der Waals surface area contributed by atoms with E-state index >= 15 is 0 Å². The van der Waals surface area contributed by atoms with Crippen LogP contribution in [0, 0.1) is 23.3 Å². The van der Waals surface area contributed by atoms with Gasteiger partial charge in [0.25, 0.3) is 0 Å². The first-order valence-corrected chi connectivity index (χ1v) is 6.53. The van der Waals surface area contributed by atoms with Gasteiger partial charge in [0.2, 0.25) is 5.78 Å². The van der Waals surface area contributed by atoms with Gasteiger partial charge in [0.1, 0.15) is 5.75 Å². The van der Waals surface area contributed by atoms with E-state index in [2.05, 4.69) is 15.9 Å². The molecule has 1 aliphatic carbocycles. The predicted octanol–water partition coefficient (Wildman–Crippen LogP) is 3.49. The fourth-order valence-corrected chi connectivity index (χ4v) is 2.84. The summed E-state index contributed by atoms with van der Waals surface area (Å²) in [6.07, 6.45) is 0. The summed E-state index contributed by atoms with van der Waals surface area (Å²) in [6.45, 7) is 0. The number of phenols is 1. The zero-order valence-corrected chi connectivity index (χ0v) is 11.9. The van der Waals surface area contributed by atoms with Gasteiger partial charge >= 0.3 is 0 Å². The zero-order valence-electron chi connectivity index (χ0n) is 10.3. The van der Waals surface area contributed by atoms with E-state index in [0.717, 1.165) is 6.07 Å². The Morgan fingerprint density at radius 3 is 1.68 bits per heavy atom. The summed E-state index contributed by atoms with van der Waals surface area (Å²) >= 11 is 2.94. The maximum Gasteiger partial charge on any atom is 0.201 e. The van der Waals surface area contributed by atoms with Crippen LogP contribution in [0.2, 0.25) is 0 Å². The van der Waals surface area contributed by atoms with Gasteiger partial charge < -0.3 is 5.11 Å². The van der Waals surface area contributed by atoms with Gasteiger partial charge in [-0.2, -0.15) is 0 Å². The van der Waals surface area contributed by atoms with E-state index in [-0.39, 0.29) is 4.47 Å². The third-order valence-corrected chi connectivity index (χ3v) is 3.97. The standard InChI is InChI=1S/C14H3BrF4O3/c15-3-1-2-4(20)6-5(3)13(21)7-8(14(6)22)10(17)12(19)11(18)9(7)16/h1-2,20H. The highest BCUT2D eigenvalue weighted by Crippen LogP contribution is 2.39. The number of halogens is 5. The minimum atomic E-state index is -2.20. The second kappa shape index (κ2) is 4.64. The Morgan fingerprint density at radius 2 is 1.18 bits per heavy atom. The van der Waals surface area contributed by atoms with Crippen LogP contribution in [0.5, 0.6) is 5.75 Å². The molecule has 0 heterocycles. The van der Waals surface area contributed by atoms with Gasteiger partial charge in [-0.05, 0) is 12.1 Å². The van der Waals surface area contributed by atoms with E-state index < -0.39 is 62.8 Å². The average Bonchev–Trinajstić information content (AvgIpc) is 2.48. The van der Waals surface area contributed by atoms with Crippen molar-refractivity contribution in [2.24, 2.45) is 0 Å². The molecule has 8 heteroatoms. The number of hydrogen-bond acceptors (Lipinski definition) is 3. The van der Waals surface area contributed by atoms with Crippen molar-refractivity contribution in [3.8, 4) is 5.75 Å². The summed E-state index contributed by atoms with van der Waals surface area (Å²) in [5, 5.41) is 9.70. The molecule has 112 valence electrons. The van der Waals surface area contributed by atoms with Gasteiger partial charge in [0.05, 0.1) is 22.3 Å². The minimum absolute atomic E-state index is 0.0221. The highest BCUT2D eigenvalue weighted by Gasteiger charge is 2.41. The maximum absolute atomic E-state index is 13.8. The van der Waals surface area contributed by atoms with Gasteiger partial charge in [-0.25, -0.2) is 17.6 Å². The van der Waals surface area contributed by atoms with Crippen LogP contribution >= 0.6 is 15.9 Å². The number of fused-ring (bicyclic) bond motifs is 2. The van der Waals surface area contributed by atoms with Crippen molar-refractivity contribution in [2.75, 3.05) is 0 Å². The van der Waals surface area contributed by atoms with Crippen LogP contribution in [0.25, 0.3) is 0 Å². The van der Waals surface area contributed by atoms with Crippen molar-refractivity contribution in [1.29, 1.82) is 0 Å². The summed E-state index contributed by atoms with van der Waals surface area (Å²) < 4.78 is 54.3. The topological polar surface area (TPSA) is 54.4 Å². The van der Waals surface area contributed by atoms with Crippen LogP contribution in [0.1, 0.15) is 31.8 Å². The Morgan fingerprint density at radius 1 is 0.727 bits per heavy atom. The third kappa shape index (κ3) is 1.67. The van der Waals surface area contributed by atoms with Crippen LogP contribution in [-0.2, 0) is 0 Å². The second-order valence-electron chi connectivity index (χ2n) is 4.48. The minimum Gasteiger partial charge on any atom is -0.507 e. The van der Waals surface area contributed by atoms with Crippen LogP contribution < -0.4 is 0 Å². The van der Waals surface area contributed by atoms with Crippen molar-refractivity contribution >= 4 is 27.5 Å². The van der Waals surface area contributed by atoms with Crippen molar-refractivity contribution in [1.82, 2.24) is 0 Å². The molecule has 0 saturated heterocycles. The highest BCUT2D eigenvalue weighted by atomic mass is 79.9. The zero-order chi connectivity index (χ0) is 16.3. The summed E-state index contributed by atoms with van der Waals surface area (Å²) in [5.41, 5.74) is -3.47. The average molecular weight is 375 g/mol. The molecule has 0 saturated carbocycles. The molecule has 1 N–H and O–H groups in total. The van der Waals surface area contributed by atoms with E-state index in [1.54, 1.807) is 0 Å². The van der Waals surface area contributed by atoms with Crippen molar-refractivity contribution in [3.63, 3.8) is 0 Å². The van der Waals surface area contributed by atoms with Crippen LogP contribution in [0.4, 0.5) is 17.6 Å². The number of hydrogen-bond donors (Lipinski definition) is 1. The third-order valence-electron chi connectivity index (χ3n) is 3.31. The molecule has 2 aromatic rings. The molecule has 0 spiro atoms. The van der Waals surface area contributed by atoms with Gasteiger partial charge in [-0.15, -0.1) is 0 Å². The molecule has 0 bridgehead atoms. The Labute approximate surface area is 128 Å². The first-order valence-electron chi connectivity index (χ1n) is 5.74. The van der Waals surface area contributed by atoms with E-state index in [9.17, 15) is 32.3 Å². The Balaban J connectivity index is 2.50. The molecule has 22 heavy (non-hydrogen) atoms. The predicted molar refractivity (Wildman–Crippen MR) is 68.9 cm³/mol. The summed E-state index contributed by atoms with van der Waals surface area (Å²) in [7, 11) is 0. The van der Waals surface area contributed by atoms with Crippen LogP contribution in [0.3, 0.4) is 0 Å². The van der Waals surface area contributed by atoms with E-state index in [1.165, 1.54) is 6.07 Å². The Hall–Kier alpha value is -2.22. The molecule has 3 rings (SSSR count). The lowest BCUT2D eigenvalue weighted by atomic mass is 9.82. The molecular formula is C14H3BrF4O3. The quantitative estimate of drug-likeness (QED) is 0.372. The largest absolute Gasteiger partial charge is 0.507 e. The second-order valence-corrected chi connectivity index (χ2v) is 5.34. The molecule has 0 fully saturated rings. The monoisotopic (exact) mass is 374 g/mol. The van der Waals surface area contributed by atoms with Crippen LogP contribution in [-0.4, -0.2) is 16.7 Å². The van der Waals surface area contributed by atoms with Crippen molar-refractivity contribution < 1.29 is 32.3 Å². The lowest BCUT2D eigenvalue weighted by molar-refractivity contribution is 0.0966. The maximum atomic E-state index is 13.8. The van der Waals surface area contributed by atoms with Gasteiger partial charge in [-0.1, -0.05) is 15.9 Å². The van der Waals surface area contributed by atoms with Gasteiger partial charge in [0, 0.05) is 4.47 Å². The molecule has 1 aliphatic rings. The van der Waals surface area contributed by atoms with Gasteiger partial charge in [0.15, 0.2) is 29.1 Å². The number of rotatable bonds is 0. The number of benzene rings is 2. The molecule has 3 nitrogen and oxygen atoms in total. The fraction of sp³-hybridized carbons (Fsp3) is 0. The highest BCUT2D eigenvalue weighted by molar-refractivity contribution is 9.10. The SMILES string of the molecule is O=C1c2c(O)ccc(Br)c2C(=O)c2c(F)c(F)c(F)c(F)c21. The number of ketones is 2. The molecule has 0 unspecified atom stereocenters. The molecule has 0 aliphatic heterocycles. The summed E-state index contributed by atoms with van der Waals surface area (Å²) in [6, 6.07) is 2.26. The summed E-state index contributed by atoms with van der Waals surface area (Å²) in [5.74, 6) is -11.5. The fourth-order valence-electron chi connectivity index (χ4n) is 2.33. The lowest BCUT2D eigenvalue weighted by Gasteiger charge is -2.20. The van der Waals surface area contributed by atoms with Crippen molar-refractivity contribution in [3.05, 3.63) is 62.1 Å². The number of carbonyl (C=O) groups is 2. The van der Waals surface area contributed by atoms with E-state index in [1.807, 2.05) is 0 Å². The number of carbonyl (C=O) groups excluding carboxylic acids is 2. The molecule has 0 aromatic heterocycles. The molecule has 2 aromatic carbocycles. The van der Waals surface area contributed by atoms with Gasteiger partial charge in [-0.3, -0.25) is 9.59 Å². The van der Waals surface area contributed by atoms with Crippen molar-refractivity contribution in [2.45, 2.75) is 0 Å². The number of phenolic OH excluding ortho intramolecular Hbond substituents is 1. The lowest BCUT2D eigenvalue weighted by Crippen LogP contribution is -2.26. The van der Waals surface area contributed by atoms with Crippen LogP contribution in [0.15, 0.2) is 16.6 Å². The molecule has 0 amide bonds. The Bertz CT molecular complexity index is 821. The summed E-state index contributed by atoms with van der Waals surface area (Å²) in [4.78, 5) is 24.5. The Kier molecular flexibility index (Phi) is 3.10. The normalized spacial score (nSPS) is 13.1. The first kappa shape index (κ1) is 14.7. The smallest absolute Gasteiger partial charge is 0.201 e. The van der Waals surface area contributed by atoms with E-state index in [4.69, 9.17) is 0 Å². The van der Waals surface area contributed by atoms with E-state index in [0.29, 0.717) is 0 Å². The molecule has 0 atom stereocenters. The molecular weight excluding hydrogens is 372 g/mol.